The second kappa shape index (κ2) is 7.99. The fourth-order valence-corrected chi connectivity index (χ4v) is 1.41. The van der Waals surface area contributed by atoms with Crippen molar-refractivity contribution in [1.29, 1.82) is 0 Å². The first-order valence-electron chi connectivity index (χ1n) is 5.53. The Morgan fingerprint density at radius 1 is 1.25 bits per heavy atom. The summed E-state index contributed by atoms with van der Waals surface area (Å²) in [4.78, 5) is 3.89. The molecular formula is C12H17N3S. The van der Waals surface area contributed by atoms with Gasteiger partial charge in [0.05, 0.1) is 10.8 Å². The van der Waals surface area contributed by atoms with Crippen LogP contribution < -0.4 is 10.9 Å². The Kier molecular flexibility index (Phi) is 6.42. The quantitative estimate of drug-likeness (QED) is 0.328. The number of isothiocyanates is 1. The van der Waals surface area contributed by atoms with Gasteiger partial charge in [0.25, 0.3) is 0 Å². The van der Waals surface area contributed by atoms with Crippen LogP contribution in [0, 0.1) is 0 Å². The highest BCUT2D eigenvalue weighted by Gasteiger charge is 1.91. The zero-order chi connectivity index (χ0) is 11.6. The molecule has 2 N–H and O–H groups in total. The molecule has 16 heavy (non-hydrogen) atoms. The Hall–Kier alpha value is -1.22. The molecule has 0 heterocycles. The van der Waals surface area contributed by atoms with Crippen LogP contribution in [0.4, 0.5) is 11.4 Å². The zero-order valence-electron chi connectivity index (χ0n) is 9.49. The molecule has 1 aromatic rings. The lowest BCUT2D eigenvalue weighted by Gasteiger charge is -2.07. The maximum Gasteiger partial charge on any atom is 0.0741 e. The summed E-state index contributed by atoms with van der Waals surface area (Å²) in [6.45, 7) is 3.18. The molecule has 0 spiro atoms. The smallest absolute Gasteiger partial charge is 0.0741 e. The Labute approximate surface area is 102 Å². The molecular weight excluding hydrogens is 218 g/mol. The third-order valence-corrected chi connectivity index (χ3v) is 2.27. The molecule has 0 bridgehead atoms. The van der Waals surface area contributed by atoms with E-state index in [0.29, 0.717) is 0 Å². The summed E-state index contributed by atoms with van der Waals surface area (Å²) in [5, 5.41) is 2.34. The van der Waals surface area contributed by atoms with E-state index in [1.54, 1.807) is 0 Å². The Balaban J connectivity index is 2.29. The van der Waals surface area contributed by atoms with Gasteiger partial charge in [0, 0.05) is 12.2 Å². The number of anilines is 1. The minimum absolute atomic E-state index is 0.825. The zero-order valence-corrected chi connectivity index (χ0v) is 10.3. The Morgan fingerprint density at radius 3 is 2.62 bits per heavy atom. The summed E-state index contributed by atoms with van der Waals surface area (Å²) in [6, 6.07) is 7.71. The summed E-state index contributed by atoms with van der Waals surface area (Å²) >= 11 is 4.53. The van der Waals surface area contributed by atoms with Gasteiger partial charge in [0.2, 0.25) is 0 Å². The molecule has 0 aliphatic heterocycles. The van der Waals surface area contributed by atoms with E-state index in [1.807, 2.05) is 24.3 Å². The van der Waals surface area contributed by atoms with Gasteiger partial charge in [0.15, 0.2) is 0 Å². The lowest BCUT2D eigenvalue weighted by molar-refractivity contribution is 0.662. The van der Waals surface area contributed by atoms with Gasteiger partial charge < -0.3 is 5.43 Å². The van der Waals surface area contributed by atoms with Gasteiger partial charge in [-0.05, 0) is 42.9 Å². The molecule has 1 aromatic carbocycles. The minimum Gasteiger partial charge on any atom is -0.322 e. The van der Waals surface area contributed by atoms with Gasteiger partial charge in [0.1, 0.15) is 0 Å². The molecule has 4 heteroatoms. The largest absolute Gasteiger partial charge is 0.322 e. The highest BCUT2D eigenvalue weighted by Crippen LogP contribution is 2.14. The Morgan fingerprint density at radius 2 is 2.00 bits per heavy atom. The van der Waals surface area contributed by atoms with Gasteiger partial charge in [-0.2, -0.15) is 4.99 Å². The van der Waals surface area contributed by atoms with E-state index in [2.05, 4.69) is 40.1 Å². The molecule has 0 aromatic heterocycles. The van der Waals surface area contributed by atoms with Crippen molar-refractivity contribution in [3.63, 3.8) is 0 Å². The second-order valence-corrected chi connectivity index (χ2v) is 3.69. The van der Waals surface area contributed by atoms with Crippen molar-refractivity contribution in [2.45, 2.75) is 26.2 Å². The van der Waals surface area contributed by atoms with Gasteiger partial charge in [-0.15, -0.1) is 0 Å². The number of hydrogen-bond donors (Lipinski definition) is 2. The molecule has 1 rings (SSSR count). The first-order chi connectivity index (χ1) is 7.86. The highest BCUT2D eigenvalue weighted by atomic mass is 32.1. The van der Waals surface area contributed by atoms with Crippen LogP contribution in [0.3, 0.4) is 0 Å². The molecule has 0 fully saturated rings. The van der Waals surface area contributed by atoms with Gasteiger partial charge in [-0.3, -0.25) is 0 Å². The van der Waals surface area contributed by atoms with Crippen molar-refractivity contribution in [3.8, 4) is 0 Å². The monoisotopic (exact) mass is 235 g/mol. The number of nitrogens with zero attached hydrogens (tertiary/aromatic N) is 1. The second-order valence-electron chi connectivity index (χ2n) is 3.51. The van der Waals surface area contributed by atoms with Crippen LogP contribution in [0.15, 0.2) is 29.3 Å². The first kappa shape index (κ1) is 12.8. The van der Waals surface area contributed by atoms with E-state index in [4.69, 9.17) is 0 Å². The summed E-state index contributed by atoms with van der Waals surface area (Å²) in [5.41, 5.74) is 8.16. The molecule has 3 nitrogen and oxygen atoms in total. The number of thiocarbonyl (C=S) groups is 1. The first-order valence-corrected chi connectivity index (χ1v) is 5.94. The minimum atomic E-state index is 0.825. The molecule has 86 valence electrons. The van der Waals surface area contributed by atoms with Crippen molar-refractivity contribution in [2.24, 2.45) is 4.99 Å². The highest BCUT2D eigenvalue weighted by molar-refractivity contribution is 7.78. The fraction of sp³-hybridized carbons (Fsp3) is 0.417. The average molecular weight is 235 g/mol. The number of rotatable bonds is 7. The van der Waals surface area contributed by atoms with Crippen molar-refractivity contribution in [2.75, 3.05) is 12.0 Å². The molecule has 0 unspecified atom stereocenters. The van der Waals surface area contributed by atoms with E-state index in [9.17, 15) is 0 Å². The van der Waals surface area contributed by atoms with E-state index in [1.165, 1.54) is 19.3 Å². The standard InChI is InChI=1S/C12H17N3S/c1-2-3-4-9-14-15-12-7-5-11(6-8-12)13-10-16/h5-8,14-15H,2-4,9H2,1H3. The molecule has 0 atom stereocenters. The van der Waals surface area contributed by atoms with Crippen molar-refractivity contribution < 1.29 is 0 Å². The maximum absolute atomic E-state index is 4.53. The van der Waals surface area contributed by atoms with Crippen LogP contribution in [0.25, 0.3) is 0 Å². The third-order valence-electron chi connectivity index (χ3n) is 2.18. The number of unbranched alkanes of at least 4 members (excludes halogenated alkanes) is 2. The molecule has 0 radical (unpaired) electrons. The fourth-order valence-electron chi connectivity index (χ4n) is 1.30. The average Bonchev–Trinajstić information content (AvgIpc) is 2.31. The topological polar surface area (TPSA) is 36.4 Å². The lowest BCUT2D eigenvalue weighted by Crippen LogP contribution is -2.22. The SMILES string of the molecule is CCCCCNNc1ccc(N=C=S)cc1. The van der Waals surface area contributed by atoms with Crippen LogP contribution in [0.2, 0.25) is 0 Å². The van der Waals surface area contributed by atoms with Crippen LogP contribution in [-0.2, 0) is 0 Å². The van der Waals surface area contributed by atoms with E-state index in [0.717, 1.165) is 17.9 Å². The number of benzene rings is 1. The normalized spacial score (nSPS) is 9.56. The van der Waals surface area contributed by atoms with E-state index < -0.39 is 0 Å². The van der Waals surface area contributed by atoms with Crippen LogP contribution in [0.5, 0.6) is 0 Å². The van der Waals surface area contributed by atoms with Crippen molar-refractivity contribution in [1.82, 2.24) is 5.43 Å². The number of aliphatic imine (C=N–C) groups is 1. The number of nitrogens with one attached hydrogen (secondary N) is 2. The maximum atomic E-state index is 4.53. The summed E-state index contributed by atoms with van der Waals surface area (Å²) < 4.78 is 0. The molecule has 0 aliphatic carbocycles. The van der Waals surface area contributed by atoms with Crippen molar-refractivity contribution in [3.05, 3.63) is 24.3 Å². The van der Waals surface area contributed by atoms with E-state index in [-0.39, 0.29) is 0 Å². The third kappa shape index (κ3) is 5.03. The number of hydrazine groups is 1. The van der Waals surface area contributed by atoms with Crippen LogP contribution in [0.1, 0.15) is 26.2 Å². The molecule has 0 saturated carbocycles. The Bertz CT molecular complexity index is 342. The van der Waals surface area contributed by atoms with Crippen LogP contribution >= 0.6 is 12.2 Å². The van der Waals surface area contributed by atoms with Gasteiger partial charge >= 0.3 is 0 Å². The molecule has 0 aliphatic rings. The van der Waals surface area contributed by atoms with Gasteiger partial charge in [-0.1, -0.05) is 19.8 Å². The predicted molar refractivity (Wildman–Crippen MR) is 72.3 cm³/mol. The summed E-state index contributed by atoms with van der Waals surface area (Å²) in [7, 11) is 0. The van der Waals surface area contributed by atoms with Gasteiger partial charge in [-0.25, -0.2) is 5.43 Å². The summed E-state index contributed by atoms with van der Waals surface area (Å²) in [5.74, 6) is 0. The lowest BCUT2D eigenvalue weighted by atomic mass is 10.2. The molecule has 0 saturated heterocycles. The summed E-state index contributed by atoms with van der Waals surface area (Å²) in [6.07, 6.45) is 3.69. The number of hydrogen-bond acceptors (Lipinski definition) is 4. The van der Waals surface area contributed by atoms with Crippen LogP contribution in [-0.4, -0.2) is 11.7 Å². The van der Waals surface area contributed by atoms with E-state index >= 15 is 0 Å². The predicted octanol–water partition coefficient (Wildman–Crippen LogP) is 3.53. The van der Waals surface area contributed by atoms with Crippen molar-refractivity contribution >= 4 is 28.8 Å². The molecule has 0 amide bonds.